The first kappa shape index (κ1) is 13.9. The van der Waals surface area contributed by atoms with Gasteiger partial charge in [0.25, 0.3) is 0 Å². The highest BCUT2D eigenvalue weighted by molar-refractivity contribution is 5.48. The van der Waals surface area contributed by atoms with E-state index in [0.29, 0.717) is 16.7 Å². The molecule has 0 aromatic heterocycles. The second kappa shape index (κ2) is 5.01. The summed E-state index contributed by atoms with van der Waals surface area (Å²) in [4.78, 5) is 0. The van der Waals surface area contributed by atoms with Crippen LogP contribution in [0.1, 0.15) is 47.8 Å². The summed E-state index contributed by atoms with van der Waals surface area (Å²) in [7, 11) is 0. The van der Waals surface area contributed by atoms with Gasteiger partial charge in [-0.25, -0.2) is 4.39 Å². The summed E-state index contributed by atoms with van der Waals surface area (Å²) in [5, 5.41) is 10.3. The van der Waals surface area contributed by atoms with E-state index in [1.54, 1.807) is 13.8 Å². The van der Waals surface area contributed by atoms with Gasteiger partial charge in [0.2, 0.25) is 0 Å². The molecule has 1 aromatic rings. The van der Waals surface area contributed by atoms with Gasteiger partial charge in [-0.2, -0.15) is 0 Å². The quantitative estimate of drug-likeness (QED) is 0.768. The Morgan fingerprint density at radius 2 is 1.59 bits per heavy atom. The van der Waals surface area contributed by atoms with Crippen LogP contribution < -0.4 is 0 Å². The van der Waals surface area contributed by atoms with Crippen LogP contribution in [0.15, 0.2) is 11.6 Å². The lowest BCUT2D eigenvalue weighted by atomic mass is 9.88. The average Bonchev–Trinajstić information content (AvgIpc) is 2.32. The van der Waals surface area contributed by atoms with Gasteiger partial charge < -0.3 is 5.11 Å². The number of hydrogen-bond acceptors (Lipinski definition) is 1. The van der Waals surface area contributed by atoms with Crippen LogP contribution in [-0.2, 0) is 0 Å². The van der Waals surface area contributed by atoms with Gasteiger partial charge in [0, 0.05) is 0 Å². The minimum absolute atomic E-state index is 0.203. The molecule has 0 saturated heterocycles. The third-order valence-electron chi connectivity index (χ3n) is 3.75. The second-order valence-electron chi connectivity index (χ2n) is 4.66. The van der Waals surface area contributed by atoms with Crippen LogP contribution >= 0.6 is 0 Å². The molecule has 1 nitrogen and oxygen atoms in total. The minimum atomic E-state index is -0.714. The molecule has 0 bridgehead atoms. The van der Waals surface area contributed by atoms with E-state index in [1.807, 2.05) is 33.8 Å². The van der Waals surface area contributed by atoms with E-state index < -0.39 is 6.10 Å². The SMILES string of the molecule is C/C=C(/C)C(O)c1c(C)c(C)c(C)c(F)c1C. The molecule has 94 valence electrons. The molecular weight excluding hydrogens is 215 g/mol. The topological polar surface area (TPSA) is 20.2 Å². The first-order chi connectivity index (χ1) is 7.82. The first-order valence-electron chi connectivity index (χ1n) is 5.89. The van der Waals surface area contributed by atoms with Crippen molar-refractivity contribution in [3.63, 3.8) is 0 Å². The Labute approximate surface area is 103 Å². The molecule has 17 heavy (non-hydrogen) atoms. The van der Waals surface area contributed by atoms with Crippen LogP contribution in [0.25, 0.3) is 0 Å². The van der Waals surface area contributed by atoms with Crippen molar-refractivity contribution >= 4 is 0 Å². The molecule has 0 spiro atoms. The van der Waals surface area contributed by atoms with Crippen molar-refractivity contribution in [3.05, 3.63) is 45.3 Å². The maximum absolute atomic E-state index is 14.0. The number of halogens is 1. The minimum Gasteiger partial charge on any atom is -0.384 e. The normalized spacial score (nSPS) is 14.0. The Bertz CT molecular complexity index is 443. The van der Waals surface area contributed by atoms with Crippen molar-refractivity contribution in [1.82, 2.24) is 0 Å². The third kappa shape index (κ3) is 2.27. The van der Waals surface area contributed by atoms with E-state index in [2.05, 4.69) is 0 Å². The summed E-state index contributed by atoms with van der Waals surface area (Å²) in [6.45, 7) is 11.1. The lowest BCUT2D eigenvalue weighted by molar-refractivity contribution is 0.213. The van der Waals surface area contributed by atoms with Gasteiger partial charge in [0.15, 0.2) is 0 Å². The molecule has 1 atom stereocenters. The Morgan fingerprint density at radius 1 is 1.06 bits per heavy atom. The van der Waals surface area contributed by atoms with Crippen molar-refractivity contribution < 1.29 is 9.50 Å². The molecule has 1 N–H and O–H groups in total. The molecule has 1 unspecified atom stereocenters. The highest BCUT2D eigenvalue weighted by Crippen LogP contribution is 2.32. The predicted octanol–water partition coefficient (Wildman–Crippen LogP) is 4.06. The van der Waals surface area contributed by atoms with Crippen LogP contribution in [0.2, 0.25) is 0 Å². The van der Waals surface area contributed by atoms with E-state index >= 15 is 0 Å². The molecule has 0 aliphatic heterocycles. The number of aliphatic hydroxyl groups is 1. The lowest BCUT2D eigenvalue weighted by Crippen LogP contribution is -2.09. The molecule has 0 aliphatic rings. The summed E-state index contributed by atoms with van der Waals surface area (Å²) in [5.41, 5.74) is 4.69. The van der Waals surface area contributed by atoms with Crippen LogP contribution in [0, 0.1) is 33.5 Å². The summed E-state index contributed by atoms with van der Waals surface area (Å²) in [6.07, 6.45) is 1.14. The van der Waals surface area contributed by atoms with Gasteiger partial charge in [0.1, 0.15) is 11.9 Å². The van der Waals surface area contributed by atoms with E-state index in [4.69, 9.17) is 0 Å². The molecule has 0 fully saturated rings. The fourth-order valence-electron chi connectivity index (χ4n) is 2.12. The summed E-state index contributed by atoms with van der Waals surface area (Å²) in [5.74, 6) is -0.203. The first-order valence-corrected chi connectivity index (χ1v) is 5.89. The van der Waals surface area contributed by atoms with Crippen molar-refractivity contribution in [3.8, 4) is 0 Å². The van der Waals surface area contributed by atoms with Gasteiger partial charge in [-0.3, -0.25) is 0 Å². The smallest absolute Gasteiger partial charge is 0.129 e. The Morgan fingerprint density at radius 3 is 2.06 bits per heavy atom. The van der Waals surface area contributed by atoms with Gasteiger partial charge in [-0.05, 0) is 74.9 Å². The standard InChI is InChI=1S/C15H21FO/c1-7-8(2)15(17)13-10(4)9(3)11(5)14(16)12(13)6/h7,15,17H,1-6H3/b8-7-. The molecule has 0 radical (unpaired) electrons. The largest absolute Gasteiger partial charge is 0.384 e. The van der Waals surface area contributed by atoms with Crippen LogP contribution in [-0.4, -0.2) is 5.11 Å². The molecule has 0 aliphatic carbocycles. The van der Waals surface area contributed by atoms with Gasteiger partial charge in [0.05, 0.1) is 0 Å². The second-order valence-corrected chi connectivity index (χ2v) is 4.66. The lowest BCUT2D eigenvalue weighted by Gasteiger charge is -2.21. The van der Waals surface area contributed by atoms with Crippen LogP contribution in [0.5, 0.6) is 0 Å². The Balaban J connectivity index is 3.55. The zero-order valence-corrected chi connectivity index (χ0v) is 11.5. The van der Waals surface area contributed by atoms with E-state index in [-0.39, 0.29) is 5.82 Å². The molecule has 0 amide bonds. The fourth-order valence-corrected chi connectivity index (χ4v) is 2.12. The van der Waals surface area contributed by atoms with Gasteiger partial charge >= 0.3 is 0 Å². The van der Waals surface area contributed by atoms with E-state index in [0.717, 1.165) is 16.7 Å². The number of rotatable bonds is 2. The number of aliphatic hydroxyl groups excluding tert-OH is 1. The number of hydrogen-bond donors (Lipinski definition) is 1. The summed E-state index contributed by atoms with van der Waals surface area (Å²) < 4.78 is 14.0. The van der Waals surface area contributed by atoms with Gasteiger partial charge in [-0.15, -0.1) is 0 Å². The number of allylic oxidation sites excluding steroid dienone is 1. The molecule has 1 aromatic carbocycles. The van der Waals surface area contributed by atoms with E-state index in [1.165, 1.54) is 0 Å². The predicted molar refractivity (Wildman–Crippen MR) is 69.7 cm³/mol. The number of benzene rings is 1. The molecule has 0 saturated carbocycles. The molecular formula is C15H21FO. The van der Waals surface area contributed by atoms with Crippen molar-refractivity contribution in [1.29, 1.82) is 0 Å². The van der Waals surface area contributed by atoms with Crippen molar-refractivity contribution in [2.75, 3.05) is 0 Å². The van der Waals surface area contributed by atoms with Crippen molar-refractivity contribution in [2.45, 2.75) is 47.6 Å². The highest BCUT2D eigenvalue weighted by atomic mass is 19.1. The zero-order chi connectivity index (χ0) is 13.3. The monoisotopic (exact) mass is 236 g/mol. The third-order valence-corrected chi connectivity index (χ3v) is 3.75. The average molecular weight is 236 g/mol. The summed E-state index contributed by atoms with van der Waals surface area (Å²) in [6, 6.07) is 0. The van der Waals surface area contributed by atoms with Crippen LogP contribution in [0.3, 0.4) is 0 Å². The van der Waals surface area contributed by atoms with Gasteiger partial charge in [-0.1, -0.05) is 6.08 Å². The van der Waals surface area contributed by atoms with E-state index in [9.17, 15) is 9.50 Å². The maximum Gasteiger partial charge on any atom is 0.129 e. The molecule has 1 rings (SSSR count). The Hall–Kier alpha value is -1.15. The van der Waals surface area contributed by atoms with Crippen LogP contribution in [0.4, 0.5) is 4.39 Å². The van der Waals surface area contributed by atoms with Crippen molar-refractivity contribution in [2.24, 2.45) is 0 Å². The zero-order valence-electron chi connectivity index (χ0n) is 11.5. The Kier molecular flexibility index (Phi) is 4.10. The fraction of sp³-hybridized carbons (Fsp3) is 0.467. The molecule has 0 heterocycles. The summed E-state index contributed by atoms with van der Waals surface area (Å²) >= 11 is 0. The highest BCUT2D eigenvalue weighted by Gasteiger charge is 2.20. The maximum atomic E-state index is 14.0. The molecule has 2 heteroatoms.